The maximum atomic E-state index is 12.0. The Hall–Kier alpha value is -1.94. The summed E-state index contributed by atoms with van der Waals surface area (Å²) in [4.78, 5) is 12.0. The monoisotopic (exact) mass is 343 g/mol. The third-order valence-electron chi connectivity index (χ3n) is 3.57. The van der Waals surface area contributed by atoms with Gasteiger partial charge in [-0.05, 0) is 38.0 Å². The van der Waals surface area contributed by atoms with Crippen LogP contribution in [0.4, 0.5) is 0 Å². The summed E-state index contributed by atoms with van der Waals surface area (Å²) < 4.78 is 5.76. The lowest BCUT2D eigenvalue weighted by atomic mass is 10.2. The number of nitrogens with one attached hydrogen (secondary N) is 1. The van der Waals surface area contributed by atoms with Crippen molar-refractivity contribution in [1.29, 1.82) is 0 Å². The van der Waals surface area contributed by atoms with Crippen molar-refractivity contribution in [2.24, 2.45) is 0 Å². The van der Waals surface area contributed by atoms with Gasteiger partial charge in [0.05, 0.1) is 11.8 Å². The summed E-state index contributed by atoms with van der Waals surface area (Å²) in [5.41, 5.74) is 3.60. The zero-order valence-electron chi connectivity index (χ0n) is 14.5. The van der Waals surface area contributed by atoms with E-state index in [-0.39, 0.29) is 11.9 Å². The number of amides is 1. The lowest BCUT2D eigenvalue weighted by molar-refractivity contribution is -0.119. The number of aryl methyl sites for hydroxylation is 2. The number of ether oxygens (including phenoxy) is 1. The van der Waals surface area contributed by atoms with Crippen LogP contribution in [0.15, 0.2) is 48.5 Å². The van der Waals surface area contributed by atoms with Crippen LogP contribution in [0.2, 0.25) is 0 Å². The molecule has 0 aliphatic carbocycles. The van der Waals surface area contributed by atoms with E-state index in [1.165, 1.54) is 11.1 Å². The first-order chi connectivity index (χ1) is 11.5. The van der Waals surface area contributed by atoms with Crippen LogP contribution in [0.1, 0.15) is 23.6 Å². The molecule has 1 atom stereocenters. The Morgan fingerprint density at radius 3 is 2.71 bits per heavy atom. The Kier molecular flexibility index (Phi) is 7.19. The zero-order valence-corrected chi connectivity index (χ0v) is 15.4. The normalized spacial score (nSPS) is 11.8. The van der Waals surface area contributed by atoms with Gasteiger partial charge < -0.3 is 10.1 Å². The lowest BCUT2D eigenvalue weighted by Gasteiger charge is -2.16. The van der Waals surface area contributed by atoms with E-state index in [4.69, 9.17) is 4.74 Å². The fourth-order valence-corrected chi connectivity index (χ4v) is 3.14. The van der Waals surface area contributed by atoms with Gasteiger partial charge in [-0.1, -0.05) is 48.0 Å². The predicted molar refractivity (Wildman–Crippen MR) is 102 cm³/mol. The molecule has 24 heavy (non-hydrogen) atoms. The van der Waals surface area contributed by atoms with Crippen LogP contribution in [0, 0.1) is 13.8 Å². The Bertz CT molecular complexity index is 672. The number of rotatable bonds is 8. The van der Waals surface area contributed by atoms with Crippen LogP contribution in [0.3, 0.4) is 0 Å². The third kappa shape index (κ3) is 6.28. The van der Waals surface area contributed by atoms with E-state index in [9.17, 15) is 4.79 Å². The molecule has 3 nitrogen and oxygen atoms in total. The van der Waals surface area contributed by atoms with Crippen molar-refractivity contribution in [3.8, 4) is 5.75 Å². The van der Waals surface area contributed by atoms with E-state index in [0.29, 0.717) is 12.4 Å². The van der Waals surface area contributed by atoms with Crippen molar-refractivity contribution in [3.63, 3.8) is 0 Å². The molecule has 0 aliphatic rings. The van der Waals surface area contributed by atoms with Gasteiger partial charge in [0.2, 0.25) is 5.91 Å². The fourth-order valence-electron chi connectivity index (χ4n) is 2.35. The second kappa shape index (κ2) is 9.38. The molecular weight excluding hydrogens is 318 g/mol. The van der Waals surface area contributed by atoms with Crippen LogP contribution in [-0.2, 0) is 10.5 Å². The van der Waals surface area contributed by atoms with E-state index in [2.05, 4.69) is 36.5 Å². The first-order valence-electron chi connectivity index (χ1n) is 8.15. The molecule has 0 heterocycles. The summed E-state index contributed by atoms with van der Waals surface area (Å²) in [7, 11) is 0. The average molecular weight is 343 g/mol. The van der Waals surface area contributed by atoms with Crippen LogP contribution in [0.5, 0.6) is 5.75 Å². The number of para-hydroxylation sites is 1. The first-order valence-corrected chi connectivity index (χ1v) is 9.31. The van der Waals surface area contributed by atoms with Crippen molar-refractivity contribution < 1.29 is 9.53 Å². The number of hydrogen-bond donors (Lipinski definition) is 1. The molecule has 1 N–H and O–H groups in total. The van der Waals surface area contributed by atoms with Gasteiger partial charge in [0.1, 0.15) is 12.4 Å². The molecule has 0 saturated carbocycles. The molecule has 128 valence electrons. The molecule has 2 aromatic carbocycles. The summed E-state index contributed by atoms with van der Waals surface area (Å²) in [5.74, 6) is 2.23. The van der Waals surface area contributed by atoms with Crippen molar-refractivity contribution in [2.45, 2.75) is 32.6 Å². The molecule has 0 spiro atoms. The average Bonchev–Trinajstić information content (AvgIpc) is 2.54. The van der Waals surface area contributed by atoms with E-state index < -0.39 is 0 Å². The molecule has 4 heteroatoms. The van der Waals surface area contributed by atoms with E-state index >= 15 is 0 Å². The smallest absolute Gasteiger partial charge is 0.230 e. The van der Waals surface area contributed by atoms with E-state index in [1.54, 1.807) is 11.8 Å². The molecule has 0 aromatic heterocycles. The van der Waals surface area contributed by atoms with Gasteiger partial charge in [0.15, 0.2) is 0 Å². The van der Waals surface area contributed by atoms with Crippen molar-refractivity contribution in [2.75, 3.05) is 12.4 Å². The van der Waals surface area contributed by atoms with Crippen LogP contribution in [0.25, 0.3) is 0 Å². The number of carbonyl (C=O) groups excluding carboxylic acids is 1. The molecule has 1 amide bonds. The number of thioether (sulfide) groups is 1. The van der Waals surface area contributed by atoms with Crippen molar-refractivity contribution in [1.82, 2.24) is 5.32 Å². The Morgan fingerprint density at radius 1 is 1.17 bits per heavy atom. The highest BCUT2D eigenvalue weighted by molar-refractivity contribution is 7.99. The highest BCUT2D eigenvalue weighted by atomic mass is 32.2. The zero-order chi connectivity index (χ0) is 17.4. The van der Waals surface area contributed by atoms with Gasteiger partial charge in [0, 0.05) is 5.75 Å². The SMILES string of the molecule is Cc1cccc(CSCC(=O)NC(C)COc2ccccc2C)c1. The molecule has 0 fully saturated rings. The van der Waals surface area contributed by atoms with Gasteiger partial charge in [-0.25, -0.2) is 0 Å². The highest BCUT2D eigenvalue weighted by Gasteiger charge is 2.09. The minimum absolute atomic E-state index is 0.0170. The molecule has 0 bridgehead atoms. The second-order valence-corrected chi connectivity index (χ2v) is 7.01. The molecule has 2 aromatic rings. The van der Waals surface area contributed by atoms with Gasteiger partial charge in [-0.3, -0.25) is 4.79 Å². The summed E-state index contributed by atoms with van der Waals surface area (Å²) >= 11 is 1.63. The van der Waals surface area contributed by atoms with Crippen LogP contribution in [-0.4, -0.2) is 24.3 Å². The summed E-state index contributed by atoms with van der Waals surface area (Å²) in [5, 5.41) is 2.98. The van der Waals surface area contributed by atoms with Crippen LogP contribution >= 0.6 is 11.8 Å². The van der Waals surface area contributed by atoms with E-state index in [0.717, 1.165) is 17.1 Å². The summed E-state index contributed by atoms with van der Waals surface area (Å²) in [6.45, 7) is 6.53. The van der Waals surface area contributed by atoms with Gasteiger partial charge in [0.25, 0.3) is 0 Å². The maximum Gasteiger partial charge on any atom is 0.230 e. The minimum Gasteiger partial charge on any atom is -0.491 e. The van der Waals surface area contributed by atoms with Gasteiger partial charge >= 0.3 is 0 Å². The van der Waals surface area contributed by atoms with E-state index in [1.807, 2.05) is 38.1 Å². The van der Waals surface area contributed by atoms with Crippen LogP contribution < -0.4 is 10.1 Å². The predicted octanol–water partition coefficient (Wildman–Crippen LogP) is 4.12. The standard InChI is InChI=1S/C20H25NO2S/c1-15-7-6-9-18(11-15)13-24-14-20(22)21-17(3)12-23-19-10-5-4-8-16(19)2/h4-11,17H,12-14H2,1-3H3,(H,21,22). The number of hydrogen-bond acceptors (Lipinski definition) is 3. The maximum absolute atomic E-state index is 12.0. The lowest BCUT2D eigenvalue weighted by Crippen LogP contribution is -2.37. The molecule has 0 saturated heterocycles. The Morgan fingerprint density at radius 2 is 1.96 bits per heavy atom. The fraction of sp³-hybridized carbons (Fsp3) is 0.350. The van der Waals surface area contributed by atoms with Gasteiger partial charge in [-0.2, -0.15) is 0 Å². The number of carbonyl (C=O) groups is 1. The minimum atomic E-state index is -0.0170. The quantitative estimate of drug-likeness (QED) is 0.783. The molecule has 0 aliphatic heterocycles. The second-order valence-electron chi connectivity index (χ2n) is 6.03. The topological polar surface area (TPSA) is 38.3 Å². The van der Waals surface area contributed by atoms with Gasteiger partial charge in [-0.15, -0.1) is 11.8 Å². The van der Waals surface area contributed by atoms with Crippen molar-refractivity contribution >= 4 is 17.7 Å². The first kappa shape index (κ1) is 18.4. The summed E-state index contributed by atoms with van der Waals surface area (Å²) in [6.07, 6.45) is 0. The molecular formula is C20H25NO2S. The summed E-state index contributed by atoms with van der Waals surface area (Å²) in [6, 6.07) is 16.3. The Labute approximate surface area is 148 Å². The molecule has 0 radical (unpaired) electrons. The molecule has 1 unspecified atom stereocenters. The highest BCUT2D eigenvalue weighted by Crippen LogP contribution is 2.16. The molecule has 2 rings (SSSR count). The third-order valence-corrected chi connectivity index (χ3v) is 4.58. The largest absolute Gasteiger partial charge is 0.491 e. The Balaban J connectivity index is 1.67. The number of benzene rings is 2. The van der Waals surface area contributed by atoms with Crippen molar-refractivity contribution in [3.05, 3.63) is 65.2 Å².